The number of nitrogens with two attached hydrogens (primary N) is 1. The zero-order chi connectivity index (χ0) is 14.0. The maximum absolute atomic E-state index is 12.2. The first-order valence-corrected chi connectivity index (χ1v) is 7.15. The molecule has 0 saturated heterocycles. The number of sulfonamides is 1. The van der Waals surface area contributed by atoms with Gasteiger partial charge >= 0.3 is 0 Å². The molecule has 19 heavy (non-hydrogen) atoms. The van der Waals surface area contributed by atoms with Gasteiger partial charge in [-0.1, -0.05) is 11.6 Å². The molecule has 110 valence electrons. The van der Waals surface area contributed by atoms with Crippen LogP contribution in [0.3, 0.4) is 0 Å². The maximum Gasteiger partial charge on any atom is 0.242 e. The molecule has 0 aliphatic rings. The van der Waals surface area contributed by atoms with Crippen molar-refractivity contribution in [1.82, 2.24) is 4.72 Å². The van der Waals surface area contributed by atoms with Crippen molar-refractivity contribution in [2.75, 3.05) is 13.7 Å². The number of hydrogen-bond acceptors (Lipinski definition) is 4. The lowest BCUT2D eigenvalue weighted by Gasteiger charge is -2.24. The average molecular weight is 329 g/mol. The van der Waals surface area contributed by atoms with Crippen molar-refractivity contribution < 1.29 is 13.2 Å². The molecule has 8 heteroatoms. The molecule has 0 heterocycles. The molecule has 0 atom stereocenters. The van der Waals surface area contributed by atoms with E-state index < -0.39 is 15.6 Å². The number of hydrogen-bond donors (Lipinski definition) is 2. The molecule has 0 fully saturated rings. The quantitative estimate of drug-likeness (QED) is 0.863. The number of benzene rings is 1. The highest BCUT2D eigenvalue weighted by Crippen LogP contribution is 2.26. The molecule has 0 radical (unpaired) electrons. The van der Waals surface area contributed by atoms with Crippen LogP contribution in [0.1, 0.15) is 13.8 Å². The summed E-state index contributed by atoms with van der Waals surface area (Å²) < 4.78 is 31.9. The number of methoxy groups -OCH3 is 1. The molecular formula is C11H18Cl2N2O3S. The lowest BCUT2D eigenvalue weighted by Crippen LogP contribution is -2.48. The zero-order valence-electron chi connectivity index (χ0n) is 10.9. The standard InChI is InChI=1S/C11H17ClN2O3S.ClH/c1-11(2,7-13)14-18(15,16)10-6-8(17-3)4-5-9(10)12;/h4-6,14H,7,13H2,1-3H3;1H. The molecule has 3 N–H and O–H groups in total. The normalized spacial score (nSPS) is 11.8. The van der Waals surface area contributed by atoms with Gasteiger partial charge in [0.2, 0.25) is 10.0 Å². The number of halogens is 2. The molecular weight excluding hydrogens is 311 g/mol. The fraction of sp³-hybridized carbons (Fsp3) is 0.455. The van der Waals surface area contributed by atoms with Crippen LogP contribution >= 0.6 is 24.0 Å². The van der Waals surface area contributed by atoms with Gasteiger partial charge in [0.25, 0.3) is 0 Å². The third-order valence-electron chi connectivity index (χ3n) is 2.35. The Balaban J connectivity index is 0.00000324. The van der Waals surface area contributed by atoms with Gasteiger partial charge < -0.3 is 10.5 Å². The van der Waals surface area contributed by atoms with Gasteiger partial charge in [-0.3, -0.25) is 0 Å². The lowest BCUT2D eigenvalue weighted by atomic mass is 10.1. The van der Waals surface area contributed by atoms with Crippen LogP contribution in [-0.4, -0.2) is 27.6 Å². The van der Waals surface area contributed by atoms with Crippen molar-refractivity contribution in [2.24, 2.45) is 5.73 Å². The molecule has 0 unspecified atom stereocenters. The highest BCUT2D eigenvalue weighted by Gasteiger charge is 2.27. The highest BCUT2D eigenvalue weighted by atomic mass is 35.5. The molecule has 0 saturated carbocycles. The van der Waals surface area contributed by atoms with Crippen LogP contribution in [0.4, 0.5) is 0 Å². The second-order valence-electron chi connectivity index (χ2n) is 4.49. The zero-order valence-corrected chi connectivity index (χ0v) is 13.3. The minimum atomic E-state index is -3.74. The van der Waals surface area contributed by atoms with Gasteiger partial charge in [0.15, 0.2) is 0 Å². The van der Waals surface area contributed by atoms with E-state index in [2.05, 4.69) is 4.72 Å². The highest BCUT2D eigenvalue weighted by molar-refractivity contribution is 7.89. The molecule has 0 aromatic heterocycles. The van der Waals surface area contributed by atoms with Gasteiger partial charge in [0.05, 0.1) is 12.1 Å². The van der Waals surface area contributed by atoms with Gasteiger partial charge in [-0.05, 0) is 26.0 Å². The van der Waals surface area contributed by atoms with E-state index in [4.69, 9.17) is 22.1 Å². The van der Waals surface area contributed by atoms with E-state index in [1.807, 2.05) is 0 Å². The first kappa shape index (κ1) is 18.5. The molecule has 1 aromatic rings. The minimum Gasteiger partial charge on any atom is -0.497 e. The third kappa shape index (κ3) is 4.81. The van der Waals surface area contributed by atoms with Gasteiger partial charge in [0.1, 0.15) is 10.6 Å². The van der Waals surface area contributed by atoms with Gasteiger partial charge in [-0.25, -0.2) is 13.1 Å². The molecule has 0 bridgehead atoms. The van der Waals surface area contributed by atoms with Crippen LogP contribution < -0.4 is 15.2 Å². The van der Waals surface area contributed by atoms with E-state index in [9.17, 15) is 8.42 Å². The molecule has 0 aliphatic carbocycles. The van der Waals surface area contributed by atoms with Gasteiger partial charge in [0, 0.05) is 18.2 Å². The second kappa shape index (κ2) is 6.76. The molecule has 0 aliphatic heterocycles. The summed E-state index contributed by atoms with van der Waals surface area (Å²) in [5.41, 5.74) is 4.76. The lowest BCUT2D eigenvalue weighted by molar-refractivity contribution is 0.413. The van der Waals surface area contributed by atoms with E-state index in [-0.39, 0.29) is 28.9 Å². The van der Waals surface area contributed by atoms with E-state index in [1.165, 1.54) is 19.2 Å². The summed E-state index contributed by atoms with van der Waals surface area (Å²) in [4.78, 5) is -0.0231. The summed E-state index contributed by atoms with van der Waals surface area (Å²) in [5, 5.41) is 0.135. The van der Waals surface area contributed by atoms with Crippen LogP contribution in [0.25, 0.3) is 0 Å². The fourth-order valence-electron chi connectivity index (χ4n) is 1.28. The van der Waals surface area contributed by atoms with Crippen LogP contribution in [0.15, 0.2) is 23.1 Å². The van der Waals surface area contributed by atoms with Crippen molar-refractivity contribution in [2.45, 2.75) is 24.3 Å². The van der Waals surface area contributed by atoms with Gasteiger partial charge in [-0.2, -0.15) is 0 Å². The third-order valence-corrected chi connectivity index (χ3v) is 4.53. The Labute approximate surface area is 124 Å². The Bertz CT molecular complexity index is 533. The Morgan fingerprint density at radius 3 is 2.47 bits per heavy atom. The summed E-state index contributed by atoms with van der Waals surface area (Å²) in [7, 11) is -2.28. The van der Waals surface area contributed by atoms with Crippen molar-refractivity contribution in [3.05, 3.63) is 23.2 Å². The van der Waals surface area contributed by atoms with E-state index in [1.54, 1.807) is 19.9 Å². The summed E-state index contributed by atoms with van der Waals surface area (Å²) in [5.74, 6) is 0.422. The predicted octanol–water partition coefficient (Wildman–Crippen LogP) is 1.79. The van der Waals surface area contributed by atoms with Crippen LogP contribution in [-0.2, 0) is 10.0 Å². The topological polar surface area (TPSA) is 81.4 Å². The Morgan fingerprint density at radius 2 is 2.00 bits per heavy atom. The molecule has 0 amide bonds. The molecule has 5 nitrogen and oxygen atoms in total. The first-order valence-electron chi connectivity index (χ1n) is 5.29. The fourth-order valence-corrected chi connectivity index (χ4v) is 3.22. The van der Waals surface area contributed by atoms with E-state index in [0.717, 1.165) is 0 Å². The monoisotopic (exact) mass is 328 g/mol. The number of rotatable bonds is 5. The number of nitrogens with one attached hydrogen (secondary N) is 1. The Morgan fingerprint density at radius 1 is 1.42 bits per heavy atom. The summed E-state index contributed by atoms with van der Waals surface area (Å²) >= 11 is 5.90. The maximum atomic E-state index is 12.2. The number of ether oxygens (including phenoxy) is 1. The largest absolute Gasteiger partial charge is 0.497 e. The summed E-state index contributed by atoms with van der Waals surface area (Å²) in [6.45, 7) is 3.56. The predicted molar refractivity (Wildman–Crippen MR) is 78.7 cm³/mol. The minimum absolute atomic E-state index is 0. The average Bonchev–Trinajstić information content (AvgIpc) is 2.28. The Hall–Kier alpha value is -0.530. The van der Waals surface area contributed by atoms with Crippen LogP contribution in [0.5, 0.6) is 5.75 Å². The van der Waals surface area contributed by atoms with Gasteiger partial charge in [-0.15, -0.1) is 12.4 Å². The van der Waals surface area contributed by atoms with Crippen LogP contribution in [0, 0.1) is 0 Å². The van der Waals surface area contributed by atoms with Crippen molar-refractivity contribution in [3.63, 3.8) is 0 Å². The molecule has 1 aromatic carbocycles. The first-order chi connectivity index (χ1) is 8.22. The molecule has 1 rings (SSSR count). The van der Waals surface area contributed by atoms with E-state index >= 15 is 0 Å². The second-order valence-corrected chi connectivity index (χ2v) is 6.55. The molecule has 0 spiro atoms. The Kier molecular flexibility index (Phi) is 6.57. The summed E-state index contributed by atoms with van der Waals surface area (Å²) in [6.07, 6.45) is 0. The van der Waals surface area contributed by atoms with Crippen LogP contribution in [0.2, 0.25) is 5.02 Å². The smallest absolute Gasteiger partial charge is 0.242 e. The van der Waals surface area contributed by atoms with E-state index in [0.29, 0.717) is 5.75 Å². The van der Waals surface area contributed by atoms with Crippen molar-refractivity contribution in [1.29, 1.82) is 0 Å². The summed E-state index contributed by atoms with van der Waals surface area (Å²) in [6, 6.07) is 4.44. The van der Waals surface area contributed by atoms with Crippen molar-refractivity contribution in [3.8, 4) is 5.75 Å². The SMILES string of the molecule is COc1ccc(Cl)c(S(=O)(=O)NC(C)(C)CN)c1.Cl. The van der Waals surface area contributed by atoms with Crippen molar-refractivity contribution >= 4 is 34.0 Å².